The van der Waals surface area contributed by atoms with Crippen LogP contribution in [0.3, 0.4) is 0 Å². The molecular formula is C13H19ClN2O2. The third-order valence-corrected chi connectivity index (χ3v) is 3.49. The Morgan fingerprint density at radius 3 is 2.89 bits per heavy atom. The Labute approximate surface area is 113 Å². The van der Waals surface area contributed by atoms with E-state index in [1.807, 2.05) is 12.1 Å². The lowest BCUT2D eigenvalue weighted by Gasteiger charge is -2.33. The van der Waals surface area contributed by atoms with Crippen LogP contribution in [-0.2, 0) is 10.6 Å². The van der Waals surface area contributed by atoms with Gasteiger partial charge in [0.05, 0.1) is 25.2 Å². The van der Waals surface area contributed by atoms with Crippen LogP contribution in [0.5, 0.6) is 0 Å². The molecule has 1 aliphatic heterocycles. The average Bonchev–Trinajstić information content (AvgIpc) is 2.45. The fourth-order valence-corrected chi connectivity index (χ4v) is 2.48. The quantitative estimate of drug-likeness (QED) is 0.829. The fourth-order valence-electron chi connectivity index (χ4n) is 2.27. The first-order chi connectivity index (χ1) is 8.85. The molecular weight excluding hydrogens is 252 g/mol. The van der Waals surface area contributed by atoms with Gasteiger partial charge in [-0.15, -0.1) is 11.6 Å². The van der Waals surface area contributed by atoms with Crippen molar-refractivity contribution >= 4 is 17.4 Å². The van der Waals surface area contributed by atoms with E-state index in [4.69, 9.17) is 21.4 Å². The van der Waals surface area contributed by atoms with Crippen molar-refractivity contribution in [3.05, 3.63) is 23.9 Å². The second-order valence-corrected chi connectivity index (χ2v) is 4.67. The first-order valence-corrected chi connectivity index (χ1v) is 6.86. The molecule has 0 unspecified atom stereocenters. The third kappa shape index (κ3) is 3.34. The van der Waals surface area contributed by atoms with Crippen molar-refractivity contribution in [3.8, 4) is 0 Å². The van der Waals surface area contributed by atoms with E-state index in [-0.39, 0.29) is 12.7 Å². The van der Waals surface area contributed by atoms with Crippen molar-refractivity contribution in [2.75, 3.05) is 31.2 Å². The molecule has 0 bridgehead atoms. The smallest absolute Gasteiger partial charge is 0.132 e. The molecule has 1 aliphatic rings. The Balaban J connectivity index is 1.92. The van der Waals surface area contributed by atoms with Crippen molar-refractivity contribution < 1.29 is 9.84 Å². The maximum absolute atomic E-state index is 8.74. The molecule has 5 heteroatoms. The second kappa shape index (κ2) is 6.92. The number of alkyl halides is 1. The van der Waals surface area contributed by atoms with Crippen molar-refractivity contribution in [2.45, 2.75) is 24.8 Å². The Bertz CT molecular complexity index is 368. The number of ether oxygens (including phenoxy) is 1. The number of aliphatic hydroxyl groups is 1. The van der Waals surface area contributed by atoms with Gasteiger partial charge in [0.2, 0.25) is 0 Å². The van der Waals surface area contributed by atoms with Crippen LogP contribution in [0.1, 0.15) is 18.4 Å². The van der Waals surface area contributed by atoms with E-state index in [0.717, 1.165) is 37.3 Å². The lowest BCUT2D eigenvalue weighted by molar-refractivity contribution is 0.0158. The molecule has 0 aromatic carbocycles. The van der Waals surface area contributed by atoms with E-state index in [9.17, 15) is 0 Å². The van der Waals surface area contributed by atoms with Gasteiger partial charge in [0.25, 0.3) is 0 Å². The Hall–Kier alpha value is -0.840. The molecule has 0 spiro atoms. The highest BCUT2D eigenvalue weighted by Crippen LogP contribution is 2.23. The summed E-state index contributed by atoms with van der Waals surface area (Å²) in [7, 11) is 0. The summed E-state index contributed by atoms with van der Waals surface area (Å²) in [5.74, 6) is 1.48. The molecule has 0 atom stereocenters. The predicted molar refractivity (Wildman–Crippen MR) is 72.1 cm³/mol. The van der Waals surface area contributed by atoms with Gasteiger partial charge in [-0.1, -0.05) is 6.07 Å². The van der Waals surface area contributed by atoms with Crippen LogP contribution < -0.4 is 4.90 Å². The van der Waals surface area contributed by atoms with Crippen LogP contribution in [0.25, 0.3) is 0 Å². The number of aromatic nitrogens is 1. The first-order valence-electron chi connectivity index (χ1n) is 6.32. The highest BCUT2D eigenvalue weighted by molar-refractivity contribution is 6.17. The molecule has 1 aromatic rings. The highest BCUT2D eigenvalue weighted by atomic mass is 35.5. The van der Waals surface area contributed by atoms with E-state index in [2.05, 4.69) is 9.88 Å². The third-order valence-electron chi connectivity index (χ3n) is 3.20. The largest absolute Gasteiger partial charge is 0.394 e. The van der Waals surface area contributed by atoms with E-state index in [1.165, 1.54) is 0 Å². The first kappa shape index (κ1) is 13.6. The van der Waals surface area contributed by atoms with Crippen LogP contribution in [-0.4, -0.2) is 42.5 Å². The van der Waals surface area contributed by atoms with Gasteiger partial charge in [0, 0.05) is 24.8 Å². The number of pyridine rings is 1. The van der Waals surface area contributed by atoms with Crippen molar-refractivity contribution in [3.63, 3.8) is 0 Å². The summed E-state index contributed by atoms with van der Waals surface area (Å²) < 4.78 is 5.55. The summed E-state index contributed by atoms with van der Waals surface area (Å²) in [4.78, 5) is 6.68. The lowest BCUT2D eigenvalue weighted by Crippen LogP contribution is -2.38. The molecule has 100 valence electrons. The van der Waals surface area contributed by atoms with E-state index in [0.29, 0.717) is 12.5 Å². The van der Waals surface area contributed by atoms with E-state index < -0.39 is 0 Å². The molecule has 2 rings (SSSR count). The van der Waals surface area contributed by atoms with Gasteiger partial charge < -0.3 is 14.7 Å². The Morgan fingerprint density at radius 1 is 1.44 bits per heavy atom. The highest BCUT2D eigenvalue weighted by Gasteiger charge is 2.21. The van der Waals surface area contributed by atoms with Crippen LogP contribution in [0.4, 0.5) is 5.82 Å². The van der Waals surface area contributed by atoms with E-state index in [1.54, 1.807) is 6.20 Å². The van der Waals surface area contributed by atoms with Gasteiger partial charge in [0.1, 0.15) is 5.82 Å². The number of aliphatic hydroxyl groups excluding tert-OH is 1. The van der Waals surface area contributed by atoms with Gasteiger partial charge in [0.15, 0.2) is 0 Å². The monoisotopic (exact) mass is 270 g/mol. The summed E-state index contributed by atoms with van der Waals surface area (Å²) in [6, 6.07) is 3.93. The summed E-state index contributed by atoms with van der Waals surface area (Å²) in [6.07, 6.45) is 4.01. The number of anilines is 1. The Kier molecular flexibility index (Phi) is 5.23. The minimum atomic E-state index is 0.0941. The molecule has 1 N–H and O–H groups in total. The minimum Gasteiger partial charge on any atom is -0.394 e. The van der Waals surface area contributed by atoms with Crippen molar-refractivity contribution in [2.24, 2.45) is 0 Å². The standard InChI is InChI=1S/C13H19ClN2O2/c14-10-11-2-1-5-15-13(11)16-6-3-12(4-7-16)18-9-8-17/h1-2,5,12,17H,3-4,6-10H2. The molecule has 1 fully saturated rings. The van der Waals surface area contributed by atoms with Gasteiger partial charge in [-0.3, -0.25) is 0 Å². The molecule has 2 heterocycles. The van der Waals surface area contributed by atoms with Gasteiger partial charge >= 0.3 is 0 Å². The minimum absolute atomic E-state index is 0.0941. The summed E-state index contributed by atoms with van der Waals surface area (Å²) in [5, 5.41) is 8.74. The van der Waals surface area contributed by atoms with Gasteiger partial charge in [-0.25, -0.2) is 4.98 Å². The summed E-state index contributed by atoms with van der Waals surface area (Å²) in [6.45, 7) is 2.38. The normalized spacial score (nSPS) is 17.1. The molecule has 1 aromatic heterocycles. The number of nitrogens with zero attached hydrogens (tertiary/aromatic N) is 2. The predicted octanol–water partition coefficient (Wildman–Crippen LogP) is 1.80. The summed E-state index contributed by atoms with van der Waals surface area (Å²) in [5.41, 5.74) is 1.08. The second-order valence-electron chi connectivity index (χ2n) is 4.40. The average molecular weight is 271 g/mol. The number of halogens is 1. The van der Waals surface area contributed by atoms with Gasteiger partial charge in [-0.2, -0.15) is 0 Å². The number of rotatable bonds is 5. The van der Waals surface area contributed by atoms with Crippen molar-refractivity contribution in [1.29, 1.82) is 0 Å². The molecule has 0 saturated carbocycles. The Morgan fingerprint density at radius 2 is 2.22 bits per heavy atom. The van der Waals surface area contributed by atoms with Crippen LogP contribution in [0.15, 0.2) is 18.3 Å². The molecule has 1 saturated heterocycles. The molecule has 4 nitrogen and oxygen atoms in total. The van der Waals surface area contributed by atoms with Gasteiger partial charge in [-0.05, 0) is 18.9 Å². The number of hydrogen-bond donors (Lipinski definition) is 1. The van der Waals surface area contributed by atoms with Crippen molar-refractivity contribution in [1.82, 2.24) is 4.98 Å². The zero-order chi connectivity index (χ0) is 12.8. The summed E-state index contributed by atoms with van der Waals surface area (Å²) >= 11 is 5.93. The maximum atomic E-state index is 8.74. The molecule has 18 heavy (non-hydrogen) atoms. The van der Waals surface area contributed by atoms with Crippen LogP contribution in [0.2, 0.25) is 0 Å². The number of piperidine rings is 1. The van der Waals surface area contributed by atoms with E-state index >= 15 is 0 Å². The molecule has 0 radical (unpaired) electrons. The maximum Gasteiger partial charge on any atom is 0.132 e. The molecule has 0 aliphatic carbocycles. The lowest BCUT2D eigenvalue weighted by atomic mass is 10.1. The zero-order valence-corrected chi connectivity index (χ0v) is 11.1. The zero-order valence-electron chi connectivity index (χ0n) is 10.4. The molecule has 0 amide bonds. The van der Waals surface area contributed by atoms with Crippen LogP contribution in [0, 0.1) is 0 Å². The van der Waals surface area contributed by atoms with Crippen LogP contribution >= 0.6 is 11.6 Å². The fraction of sp³-hybridized carbons (Fsp3) is 0.615. The topological polar surface area (TPSA) is 45.6 Å². The SMILES string of the molecule is OCCOC1CCN(c2ncccc2CCl)CC1. The number of hydrogen-bond acceptors (Lipinski definition) is 4.